The van der Waals surface area contributed by atoms with Gasteiger partial charge in [-0.1, -0.05) is 91.8 Å². The van der Waals surface area contributed by atoms with Crippen molar-refractivity contribution in [2.75, 3.05) is 6.26 Å². The average Bonchev–Trinajstić information content (AvgIpc) is 2.74. The zero-order valence-corrected chi connectivity index (χ0v) is 19.5. The van der Waals surface area contributed by atoms with E-state index in [1.54, 1.807) is 11.8 Å². The van der Waals surface area contributed by atoms with Gasteiger partial charge in [0, 0.05) is 11.1 Å². The number of hydrogen-bond acceptors (Lipinski definition) is 2. The summed E-state index contributed by atoms with van der Waals surface area (Å²) in [5, 5.41) is 1.22. The summed E-state index contributed by atoms with van der Waals surface area (Å²) in [6.07, 6.45) is 6.09. The van der Waals surface area contributed by atoms with Gasteiger partial charge in [0.1, 0.15) is 0 Å². The molecule has 0 aliphatic heterocycles. The highest BCUT2D eigenvalue weighted by Gasteiger charge is 1.95. The Labute approximate surface area is 163 Å². The Morgan fingerprint density at radius 1 is 0.760 bits per heavy atom. The highest BCUT2D eigenvalue weighted by Crippen LogP contribution is 2.14. The number of para-hydroxylation sites is 1. The number of nitrogens with zero attached hydrogens (tertiary/aromatic N) is 1. The molecule has 146 valence electrons. The summed E-state index contributed by atoms with van der Waals surface area (Å²) in [6, 6.07) is 12.4. The molecule has 0 fully saturated rings. The van der Waals surface area contributed by atoms with Gasteiger partial charge in [-0.25, -0.2) is 0 Å². The normalized spacial score (nSPS) is 7.96. The van der Waals surface area contributed by atoms with Crippen molar-refractivity contribution >= 4 is 22.7 Å². The summed E-state index contributed by atoms with van der Waals surface area (Å²) in [6.45, 7) is 20.0. The molecule has 0 bridgehead atoms. The van der Waals surface area contributed by atoms with Gasteiger partial charge in [0.05, 0.1) is 11.2 Å². The quantitative estimate of drug-likeness (QED) is 0.493. The maximum Gasteiger partial charge on any atom is 0.0705 e. The summed E-state index contributed by atoms with van der Waals surface area (Å²) >= 11 is 1.80. The van der Waals surface area contributed by atoms with Crippen LogP contribution in [0.3, 0.4) is 0 Å². The van der Waals surface area contributed by atoms with Crippen LogP contribution in [0.25, 0.3) is 10.9 Å². The Bertz CT molecular complexity index is 474. The Morgan fingerprint density at radius 2 is 1.24 bits per heavy atom. The van der Waals surface area contributed by atoms with Gasteiger partial charge >= 0.3 is 0 Å². The first-order chi connectivity index (χ1) is 12.3. The highest BCUT2D eigenvalue weighted by atomic mass is 32.2. The third-order valence-corrected chi connectivity index (χ3v) is 2.87. The number of allylic oxidation sites excluding steroid dienone is 2. The number of pyridine rings is 1. The summed E-state index contributed by atoms with van der Waals surface area (Å²) in [4.78, 5) is 4.54. The molecule has 0 unspecified atom stereocenters. The second kappa shape index (κ2) is 30.6. The monoisotopic (exact) mass is 365 g/mol. The van der Waals surface area contributed by atoms with E-state index < -0.39 is 0 Å². The minimum absolute atomic E-state index is 0.991. The van der Waals surface area contributed by atoms with E-state index in [0.29, 0.717) is 0 Å². The Morgan fingerprint density at radius 3 is 1.68 bits per heavy atom. The predicted octanol–water partition coefficient (Wildman–Crippen LogP) is 8.79. The van der Waals surface area contributed by atoms with Gasteiger partial charge in [0.25, 0.3) is 0 Å². The molecule has 0 aliphatic carbocycles. The molecule has 1 aromatic heterocycles. The van der Waals surface area contributed by atoms with E-state index >= 15 is 0 Å². The molecule has 0 saturated heterocycles. The van der Waals surface area contributed by atoms with Crippen molar-refractivity contribution < 1.29 is 0 Å². The molecule has 1 aromatic carbocycles. The molecule has 2 aromatic rings. The summed E-state index contributed by atoms with van der Waals surface area (Å²) in [5.41, 5.74) is 2.25. The van der Waals surface area contributed by atoms with Crippen LogP contribution in [0.1, 0.15) is 74.9 Å². The second-order valence-corrected chi connectivity index (χ2v) is 4.46. The Hall–Kier alpha value is -1.28. The van der Waals surface area contributed by atoms with Gasteiger partial charge in [-0.3, -0.25) is 4.98 Å². The fourth-order valence-electron chi connectivity index (χ4n) is 1.34. The molecule has 0 saturated carbocycles. The lowest BCUT2D eigenvalue weighted by Gasteiger charge is -2.00. The smallest absolute Gasteiger partial charge is 0.0705 e. The first kappa shape index (κ1) is 31.5. The van der Waals surface area contributed by atoms with Gasteiger partial charge in [0.2, 0.25) is 0 Å². The van der Waals surface area contributed by atoms with E-state index in [4.69, 9.17) is 0 Å². The van der Waals surface area contributed by atoms with Crippen LogP contribution in [0.4, 0.5) is 0 Å². The lowest BCUT2D eigenvalue weighted by Crippen LogP contribution is -1.86. The molecule has 0 aliphatic rings. The minimum Gasteiger partial charge on any atom is -0.252 e. The van der Waals surface area contributed by atoms with E-state index in [9.17, 15) is 0 Å². The predicted molar refractivity (Wildman–Crippen MR) is 125 cm³/mol. The van der Waals surface area contributed by atoms with Crippen LogP contribution < -0.4 is 0 Å². The zero-order valence-electron chi connectivity index (χ0n) is 18.7. The van der Waals surface area contributed by atoms with Gasteiger partial charge in [-0.05, 0) is 32.2 Å². The Kier molecular flexibility index (Phi) is 38.5. The zero-order chi connectivity index (χ0) is 20.5. The molecule has 25 heavy (non-hydrogen) atoms. The third kappa shape index (κ3) is 18.9. The molecule has 2 rings (SSSR count). The van der Waals surface area contributed by atoms with Gasteiger partial charge in [-0.15, -0.1) is 0 Å². The number of thioether (sulfide) groups is 1. The number of rotatable bonds is 2. The molecule has 1 heterocycles. The number of fused-ring (bicyclic) bond motifs is 1. The summed E-state index contributed by atoms with van der Waals surface area (Å²) < 4.78 is 0. The average molecular weight is 366 g/mol. The van der Waals surface area contributed by atoms with Crippen LogP contribution in [-0.2, 0) is 5.75 Å². The second-order valence-electron chi connectivity index (χ2n) is 3.59. The summed E-state index contributed by atoms with van der Waals surface area (Å²) in [7, 11) is 0. The maximum absolute atomic E-state index is 4.54. The minimum atomic E-state index is 0.991. The van der Waals surface area contributed by atoms with Crippen LogP contribution in [0.2, 0.25) is 0 Å². The topological polar surface area (TPSA) is 12.9 Å². The van der Waals surface area contributed by atoms with Crippen LogP contribution in [0.15, 0.2) is 48.6 Å². The van der Waals surface area contributed by atoms with Crippen molar-refractivity contribution in [2.45, 2.75) is 75.0 Å². The fourth-order valence-corrected chi connectivity index (χ4v) is 1.79. The van der Waals surface area contributed by atoms with Crippen LogP contribution >= 0.6 is 11.8 Å². The van der Waals surface area contributed by atoms with Crippen LogP contribution in [0, 0.1) is 0 Å². The van der Waals surface area contributed by atoms with Crippen molar-refractivity contribution in [2.24, 2.45) is 0 Å². The van der Waals surface area contributed by atoms with Crippen molar-refractivity contribution in [3.63, 3.8) is 0 Å². The Balaban J connectivity index is -0.000000156. The van der Waals surface area contributed by atoms with E-state index in [0.717, 1.165) is 17.0 Å². The number of hydrogen-bond donors (Lipinski definition) is 0. The van der Waals surface area contributed by atoms with Crippen molar-refractivity contribution in [1.82, 2.24) is 4.98 Å². The van der Waals surface area contributed by atoms with Gasteiger partial charge in [-0.2, -0.15) is 11.8 Å². The SMILES string of the molecule is C/C=C\C.CC.CC.CC.CC.CSCc1ccc2ccccc2n1. The molecular weight excluding hydrogens is 322 g/mol. The van der Waals surface area contributed by atoms with E-state index in [1.165, 1.54) is 5.39 Å². The van der Waals surface area contributed by atoms with E-state index in [1.807, 2.05) is 93.5 Å². The first-order valence-corrected chi connectivity index (χ1v) is 11.1. The lowest BCUT2D eigenvalue weighted by molar-refractivity contribution is 1.23. The van der Waals surface area contributed by atoms with Crippen molar-refractivity contribution in [3.8, 4) is 0 Å². The van der Waals surface area contributed by atoms with Crippen LogP contribution in [-0.4, -0.2) is 11.2 Å². The number of benzene rings is 1. The van der Waals surface area contributed by atoms with E-state index in [-0.39, 0.29) is 0 Å². The standard InChI is InChI=1S/C11H11NS.C4H8.4C2H6/c1-13-8-10-7-6-9-4-2-3-5-11(9)12-10;1-3-4-2;4*1-2/h2-7H,8H2,1H3;3-4H,1-2H3;4*1-2H3/b;4-3-;;;;. The molecule has 2 heteroatoms. The molecule has 0 amide bonds. The van der Waals surface area contributed by atoms with Gasteiger partial charge < -0.3 is 0 Å². The van der Waals surface area contributed by atoms with Crippen LogP contribution in [0.5, 0.6) is 0 Å². The molecule has 1 nitrogen and oxygen atoms in total. The third-order valence-electron chi connectivity index (χ3n) is 2.28. The number of aromatic nitrogens is 1. The largest absolute Gasteiger partial charge is 0.252 e. The first-order valence-electron chi connectivity index (χ1n) is 9.72. The van der Waals surface area contributed by atoms with E-state index in [2.05, 4.69) is 35.5 Å². The maximum atomic E-state index is 4.54. The molecule has 0 N–H and O–H groups in total. The molecule has 0 spiro atoms. The highest BCUT2D eigenvalue weighted by molar-refractivity contribution is 7.97. The van der Waals surface area contributed by atoms with Crippen molar-refractivity contribution in [1.29, 1.82) is 0 Å². The molecular formula is C23H43NS. The summed E-state index contributed by atoms with van der Waals surface area (Å²) in [5.74, 6) is 0.991. The fraction of sp³-hybridized carbons (Fsp3) is 0.522. The lowest BCUT2D eigenvalue weighted by atomic mass is 10.2. The molecule has 0 radical (unpaired) electrons. The van der Waals surface area contributed by atoms with Crippen molar-refractivity contribution in [3.05, 3.63) is 54.2 Å². The molecule has 0 atom stereocenters. The van der Waals surface area contributed by atoms with Gasteiger partial charge in [0.15, 0.2) is 0 Å².